The number of hydrogen-bond acceptors (Lipinski definition) is 0. The van der Waals surface area contributed by atoms with Crippen LogP contribution in [-0.2, 0) is 0 Å². The van der Waals surface area contributed by atoms with Crippen LogP contribution >= 0.6 is 0 Å². The van der Waals surface area contributed by atoms with Gasteiger partial charge in [-0.1, -0.05) is 66.2 Å². The lowest BCUT2D eigenvalue weighted by Crippen LogP contribution is -1.90. The van der Waals surface area contributed by atoms with Crippen molar-refractivity contribution in [3.05, 3.63) is 82.9 Å². The maximum absolute atomic E-state index is 2.23. The average molecular weight is 286 g/mol. The summed E-state index contributed by atoms with van der Waals surface area (Å²) in [6.07, 6.45) is 0. The van der Waals surface area contributed by atoms with Crippen molar-refractivity contribution in [2.24, 2.45) is 0 Å². The van der Waals surface area contributed by atoms with Crippen LogP contribution in [0, 0.1) is 27.7 Å². The Kier molecular flexibility index (Phi) is 3.85. The third-order valence-corrected chi connectivity index (χ3v) is 4.64. The molecule has 0 aliphatic rings. The summed E-state index contributed by atoms with van der Waals surface area (Å²) in [5.74, 6) is 0. The molecule has 0 spiro atoms. The Balaban J connectivity index is 1.98. The highest BCUT2D eigenvalue weighted by molar-refractivity contribution is 5.73. The van der Waals surface area contributed by atoms with E-state index in [0.29, 0.717) is 0 Å². The molecule has 0 amide bonds. The predicted octanol–water partition coefficient (Wildman–Crippen LogP) is 6.25. The zero-order valence-corrected chi connectivity index (χ0v) is 13.8. The fourth-order valence-electron chi connectivity index (χ4n) is 2.86. The van der Waals surface area contributed by atoms with Crippen LogP contribution < -0.4 is 0 Å². The van der Waals surface area contributed by atoms with Crippen LogP contribution in [0.15, 0.2) is 60.7 Å². The number of benzene rings is 3. The van der Waals surface area contributed by atoms with Crippen LogP contribution in [0.4, 0.5) is 0 Å². The first-order valence-electron chi connectivity index (χ1n) is 7.80. The summed E-state index contributed by atoms with van der Waals surface area (Å²) in [7, 11) is 0. The Bertz CT molecular complexity index is 791. The molecule has 0 atom stereocenters. The molecule has 0 aromatic heterocycles. The van der Waals surface area contributed by atoms with Crippen molar-refractivity contribution in [2.75, 3.05) is 0 Å². The molecule has 0 saturated carbocycles. The van der Waals surface area contributed by atoms with E-state index in [4.69, 9.17) is 0 Å². The van der Waals surface area contributed by atoms with E-state index in [1.165, 1.54) is 44.5 Å². The molecule has 0 saturated heterocycles. The Morgan fingerprint density at radius 2 is 0.955 bits per heavy atom. The van der Waals surface area contributed by atoms with Gasteiger partial charge in [0.05, 0.1) is 0 Å². The van der Waals surface area contributed by atoms with Crippen LogP contribution in [0.3, 0.4) is 0 Å². The highest BCUT2D eigenvalue weighted by atomic mass is 14.1. The zero-order valence-electron chi connectivity index (χ0n) is 13.8. The molecule has 0 heteroatoms. The number of hydrogen-bond donors (Lipinski definition) is 0. The van der Waals surface area contributed by atoms with E-state index in [1.54, 1.807) is 0 Å². The van der Waals surface area contributed by atoms with Gasteiger partial charge in [-0.05, 0) is 66.6 Å². The van der Waals surface area contributed by atoms with Crippen LogP contribution in [0.2, 0.25) is 0 Å². The van der Waals surface area contributed by atoms with Gasteiger partial charge in [-0.3, -0.25) is 0 Å². The second-order valence-electron chi connectivity index (χ2n) is 6.12. The second kappa shape index (κ2) is 5.81. The molecule has 0 heterocycles. The highest BCUT2D eigenvalue weighted by Crippen LogP contribution is 2.29. The molecule has 0 nitrogen and oxygen atoms in total. The van der Waals surface area contributed by atoms with E-state index in [-0.39, 0.29) is 0 Å². The van der Waals surface area contributed by atoms with E-state index in [2.05, 4.69) is 88.4 Å². The lowest BCUT2D eigenvalue weighted by atomic mass is 9.93. The normalized spacial score (nSPS) is 10.7. The molecule has 0 radical (unpaired) electrons. The monoisotopic (exact) mass is 286 g/mol. The molecule has 0 aliphatic heterocycles. The SMILES string of the molecule is Cc1ccc(-c2ccc(-c3ccc(C)c(C)c3C)cc2)cc1. The zero-order chi connectivity index (χ0) is 15.7. The van der Waals surface area contributed by atoms with Gasteiger partial charge in [0.2, 0.25) is 0 Å². The summed E-state index contributed by atoms with van der Waals surface area (Å²) >= 11 is 0. The Morgan fingerprint density at radius 1 is 0.455 bits per heavy atom. The Labute approximate surface area is 133 Å². The first-order chi connectivity index (χ1) is 10.6. The van der Waals surface area contributed by atoms with Crippen LogP contribution in [0.1, 0.15) is 22.3 Å². The molecule has 3 rings (SSSR count). The highest BCUT2D eigenvalue weighted by Gasteiger charge is 2.06. The number of aryl methyl sites for hydroxylation is 2. The van der Waals surface area contributed by atoms with Crippen molar-refractivity contribution >= 4 is 0 Å². The lowest BCUT2D eigenvalue weighted by Gasteiger charge is -2.12. The molecular formula is C22H22. The van der Waals surface area contributed by atoms with Crippen molar-refractivity contribution in [1.29, 1.82) is 0 Å². The fraction of sp³-hybridized carbons (Fsp3) is 0.182. The smallest absolute Gasteiger partial charge is 0.0152 e. The number of rotatable bonds is 2. The predicted molar refractivity (Wildman–Crippen MR) is 96.3 cm³/mol. The van der Waals surface area contributed by atoms with Crippen molar-refractivity contribution < 1.29 is 0 Å². The van der Waals surface area contributed by atoms with Gasteiger partial charge in [-0.2, -0.15) is 0 Å². The van der Waals surface area contributed by atoms with E-state index in [1.807, 2.05) is 0 Å². The first-order valence-corrected chi connectivity index (χ1v) is 7.80. The van der Waals surface area contributed by atoms with Crippen molar-refractivity contribution in [1.82, 2.24) is 0 Å². The third-order valence-electron chi connectivity index (χ3n) is 4.64. The summed E-state index contributed by atoms with van der Waals surface area (Å²) in [6, 6.07) is 22.0. The maximum atomic E-state index is 2.23. The fourth-order valence-corrected chi connectivity index (χ4v) is 2.86. The first kappa shape index (κ1) is 14.6. The molecule has 22 heavy (non-hydrogen) atoms. The molecular weight excluding hydrogens is 264 g/mol. The molecule has 0 aliphatic carbocycles. The van der Waals surface area contributed by atoms with Crippen molar-refractivity contribution in [3.63, 3.8) is 0 Å². The topological polar surface area (TPSA) is 0 Å². The summed E-state index contributed by atoms with van der Waals surface area (Å²) in [5, 5.41) is 0. The lowest BCUT2D eigenvalue weighted by molar-refractivity contribution is 1.27. The van der Waals surface area contributed by atoms with Gasteiger partial charge >= 0.3 is 0 Å². The van der Waals surface area contributed by atoms with Gasteiger partial charge in [-0.25, -0.2) is 0 Å². The summed E-state index contributed by atoms with van der Waals surface area (Å²) < 4.78 is 0. The van der Waals surface area contributed by atoms with Crippen LogP contribution in [0.25, 0.3) is 22.3 Å². The van der Waals surface area contributed by atoms with E-state index >= 15 is 0 Å². The maximum Gasteiger partial charge on any atom is -0.0152 e. The van der Waals surface area contributed by atoms with Gasteiger partial charge in [0.25, 0.3) is 0 Å². The standard InChI is InChI=1S/C22H22/c1-15-5-8-19(9-6-15)20-10-12-21(13-11-20)22-14-7-16(2)17(3)18(22)4/h5-14H,1-4H3. The molecule has 0 fully saturated rings. The minimum Gasteiger partial charge on any atom is -0.0587 e. The summed E-state index contributed by atoms with van der Waals surface area (Å²) in [5.41, 5.74) is 10.6. The Morgan fingerprint density at radius 3 is 1.55 bits per heavy atom. The van der Waals surface area contributed by atoms with Gasteiger partial charge in [0, 0.05) is 0 Å². The molecule has 3 aromatic carbocycles. The molecule has 3 aromatic rings. The van der Waals surface area contributed by atoms with Crippen molar-refractivity contribution in [3.8, 4) is 22.3 Å². The van der Waals surface area contributed by atoms with Crippen LogP contribution in [0.5, 0.6) is 0 Å². The average Bonchev–Trinajstić information content (AvgIpc) is 2.54. The van der Waals surface area contributed by atoms with E-state index in [9.17, 15) is 0 Å². The second-order valence-corrected chi connectivity index (χ2v) is 6.12. The molecule has 0 N–H and O–H groups in total. The largest absolute Gasteiger partial charge is 0.0587 e. The van der Waals surface area contributed by atoms with Crippen molar-refractivity contribution in [2.45, 2.75) is 27.7 Å². The summed E-state index contributed by atoms with van der Waals surface area (Å²) in [6.45, 7) is 8.71. The van der Waals surface area contributed by atoms with Gasteiger partial charge in [0.1, 0.15) is 0 Å². The quantitative estimate of drug-likeness (QED) is 0.522. The minimum atomic E-state index is 1.27. The van der Waals surface area contributed by atoms with E-state index < -0.39 is 0 Å². The molecule has 0 bridgehead atoms. The third kappa shape index (κ3) is 2.69. The van der Waals surface area contributed by atoms with Gasteiger partial charge in [-0.15, -0.1) is 0 Å². The summed E-state index contributed by atoms with van der Waals surface area (Å²) in [4.78, 5) is 0. The molecule has 0 unspecified atom stereocenters. The van der Waals surface area contributed by atoms with Gasteiger partial charge in [0.15, 0.2) is 0 Å². The Hall–Kier alpha value is -2.34. The van der Waals surface area contributed by atoms with E-state index in [0.717, 1.165) is 0 Å². The molecule has 110 valence electrons. The van der Waals surface area contributed by atoms with Crippen LogP contribution in [-0.4, -0.2) is 0 Å². The minimum absolute atomic E-state index is 1.27. The van der Waals surface area contributed by atoms with Gasteiger partial charge < -0.3 is 0 Å².